The van der Waals surface area contributed by atoms with Crippen LogP contribution in [0.1, 0.15) is 31.2 Å². The van der Waals surface area contributed by atoms with Gasteiger partial charge < -0.3 is 10.2 Å². The number of rotatable bonds is 5. The summed E-state index contributed by atoms with van der Waals surface area (Å²) in [6.45, 7) is 2.73. The lowest BCUT2D eigenvalue weighted by Crippen LogP contribution is -2.27. The Bertz CT molecular complexity index is 603. The van der Waals surface area contributed by atoms with Gasteiger partial charge in [-0.25, -0.2) is 9.67 Å². The number of nitrogens with zero attached hydrogens (tertiary/aromatic N) is 6. The number of hydrogen-bond donors (Lipinski definition) is 1. The summed E-state index contributed by atoms with van der Waals surface area (Å²) in [5, 5.41) is 13.5. The average Bonchev–Trinajstić information content (AvgIpc) is 2.93. The van der Waals surface area contributed by atoms with Crippen LogP contribution in [0.2, 0.25) is 0 Å². The van der Waals surface area contributed by atoms with E-state index in [2.05, 4.69) is 30.7 Å². The predicted molar refractivity (Wildman–Crippen MR) is 84.6 cm³/mol. The summed E-state index contributed by atoms with van der Waals surface area (Å²) >= 11 is 0. The summed E-state index contributed by atoms with van der Waals surface area (Å²) in [6.07, 6.45) is 8.33. The van der Waals surface area contributed by atoms with E-state index in [0.29, 0.717) is 6.54 Å². The molecule has 0 atom stereocenters. The number of tetrazole rings is 1. The van der Waals surface area contributed by atoms with E-state index in [9.17, 15) is 4.79 Å². The van der Waals surface area contributed by atoms with E-state index in [0.717, 1.165) is 24.5 Å². The molecule has 0 saturated carbocycles. The second kappa shape index (κ2) is 7.66. The van der Waals surface area contributed by atoms with Crippen molar-refractivity contribution in [1.29, 1.82) is 0 Å². The second-order valence-electron chi connectivity index (χ2n) is 5.71. The summed E-state index contributed by atoms with van der Waals surface area (Å²) in [5.74, 6) is 0.893. The molecule has 0 bridgehead atoms. The minimum absolute atomic E-state index is 0.117. The Morgan fingerprint density at radius 1 is 1.17 bits per heavy atom. The molecule has 3 heterocycles. The molecule has 1 N–H and O–H groups in total. The summed E-state index contributed by atoms with van der Waals surface area (Å²) in [7, 11) is 0. The van der Waals surface area contributed by atoms with E-state index in [1.54, 1.807) is 0 Å². The molecule has 0 radical (unpaired) electrons. The monoisotopic (exact) mass is 315 g/mol. The van der Waals surface area contributed by atoms with Crippen LogP contribution in [0.3, 0.4) is 0 Å². The lowest BCUT2D eigenvalue weighted by molar-refractivity contribution is -0.122. The number of carbonyl (C=O) groups excluding carboxylic acids is 1. The molecule has 2 aromatic rings. The van der Waals surface area contributed by atoms with Crippen LogP contribution in [0, 0.1) is 0 Å². The van der Waals surface area contributed by atoms with Gasteiger partial charge in [0, 0.05) is 25.8 Å². The average molecular weight is 315 g/mol. The Labute approximate surface area is 134 Å². The maximum Gasteiger partial charge on any atom is 0.242 e. The molecule has 1 amide bonds. The van der Waals surface area contributed by atoms with Crippen molar-refractivity contribution in [3.8, 4) is 0 Å². The first-order valence-corrected chi connectivity index (χ1v) is 7.98. The van der Waals surface area contributed by atoms with Crippen molar-refractivity contribution in [2.75, 3.05) is 18.0 Å². The van der Waals surface area contributed by atoms with E-state index >= 15 is 0 Å². The Kier molecular flexibility index (Phi) is 5.13. The largest absolute Gasteiger partial charge is 0.357 e. The minimum Gasteiger partial charge on any atom is -0.357 e. The number of aromatic nitrogens is 5. The van der Waals surface area contributed by atoms with Crippen LogP contribution in [0.25, 0.3) is 0 Å². The van der Waals surface area contributed by atoms with Crippen molar-refractivity contribution in [3.63, 3.8) is 0 Å². The van der Waals surface area contributed by atoms with E-state index in [1.807, 2.05) is 18.3 Å². The second-order valence-corrected chi connectivity index (χ2v) is 5.71. The summed E-state index contributed by atoms with van der Waals surface area (Å²) in [6, 6.07) is 4.05. The molecule has 2 aromatic heterocycles. The molecule has 8 heteroatoms. The highest BCUT2D eigenvalue weighted by Gasteiger charge is 2.11. The Hall–Kier alpha value is -2.51. The molecule has 8 nitrogen and oxygen atoms in total. The number of amides is 1. The first-order chi connectivity index (χ1) is 11.3. The van der Waals surface area contributed by atoms with Gasteiger partial charge >= 0.3 is 0 Å². The number of pyridine rings is 1. The molecular weight excluding hydrogens is 294 g/mol. The molecule has 0 unspecified atom stereocenters. The molecule has 122 valence electrons. The smallest absolute Gasteiger partial charge is 0.242 e. The van der Waals surface area contributed by atoms with E-state index in [-0.39, 0.29) is 12.5 Å². The fourth-order valence-electron chi connectivity index (χ4n) is 2.66. The first-order valence-electron chi connectivity index (χ1n) is 7.98. The number of carbonyl (C=O) groups is 1. The molecule has 1 aliphatic rings. The van der Waals surface area contributed by atoms with Gasteiger partial charge in [-0.1, -0.05) is 18.9 Å². The standard InChI is InChI=1S/C15H21N7O/c23-15(11-22-12-18-19-20-22)17-10-13-5-6-14(16-9-13)21-7-3-1-2-4-8-21/h5-6,9,12H,1-4,7-8,10-11H2,(H,17,23). The van der Waals surface area contributed by atoms with E-state index in [1.165, 1.54) is 36.7 Å². The van der Waals surface area contributed by atoms with Crippen LogP contribution < -0.4 is 10.2 Å². The summed E-state index contributed by atoms with van der Waals surface area (Å²) < 4.78 is 1.38. The first kappa shape index (κ1) is 15.4. The topological polar surface area (TPSA) is 88.8 Å². The highest BCUT2D eigenvalue weighted by molar-refractivity contribution is 5.75. The Morgan fingerprint density at radius 2 is 2.00 bits per heavy atom. The fraction of sp³-hybridized carbons (Fsp3) is 0.533. The lowest BCUT2D eigenvalue weighted by Gasteiger charge is -2.21. The normalized spacial score (nSPS) is 15.2. The van der Waals surface area contributed by atoms with Crippen molar-refractivity contribution in [1.82, 2.24) is 30.5 Å². The summed E-state index contributed by atoms with van der Waals surface area (Å²) in [4.78, 5) is 18.7. The molecule has 1 saturated heterocycles. The maximum atomic E-state index is 11.8. The molecule has 0 aliphatic carbocycles. The van der Waals surface area contributed by atoms with Crippen molar-refractivity contribution in [3.05, 3.63) is 30.2 Å². The fourth-order valence-corrected chi connectivity index (χ4v) is 2.66. The van der Waals surface area contributed by atoms with Crippen LogP contribution in [-0.2, 0) is 17.9 Å². The van der Waals surface area contributed by atoms with Gasteiger partial charge in [0.25, 0.3) is 0 Å². The van der Waals surface area contributed by atoms with Crippen LogP contribution in [-0.4, -0.2) is 44.2 Å². The van der Waals surface area contributed by atoms with Gasteiger partial charge in [-0.3, -0.25) is 4.79 Å². The van der Waals surface area contributed by atoms with Gasteiger partial charge in [0.15, 0.2) is 0 Å². The van der Waals surface area contributed by atoms with Crippen molar-refractivity contribution in [2.45, 2.75) is 38.8 Å². The number of hydrogen-bond acceptors (Lipinski definition) is 6. The lowest BCUT2D eigenvalue weighted by atomic mass is 10.2. The zero-order chi connectivity index (χ0) is 15.9. The molecule has 0 spiro atoms. The molecule has 1 aliphatic heterocycles. The van der Waals surface area contributed by atoms with E-state index in [4.69, 9.17) is 0 Å². The van der Waals surface area contributed by atoms with Crippen LogP contribution in [0.5, 0.6) is 0 Å². The van der Waals surface area contributed by atoms with Crippen LogP contribution in [0.4, 0.5) is 5.82 Å². The van der Waals surface area contributed by atoms with Gasteiger partial charge in [-0.2, -0.15) is 0 Å². The predicted octanol–water partition coefficient (Wildman–Crippen LogP) is 0.765. The molecule has 0 aromatic carbocycles. The Balaban J connectivity index is 1.50. The van der Waals surface area contributed by atoms with Gasteiger partial charge in [0.2, 0.25) is 5.91 Å². The van der Waals surface area contributed by atoms with Crippen molar-refractivity contribution in [2.24, 2.45) is 0 Å². The quantitative estimate of drug-likeness (QED) is 0.876. The zero-order valence-corrected chi connectivity index (χ0v) is 13.1. The third-order valence-corrected chi connectivity index (χ3v) is 3.93. The minimum atomic E-state index is -0.131. The van der Waals surface area contributed by atoms with Crippen LogP contribution in [0.15, 0.2) is 24.7 Å². The summed E-state index contributed by atoms with van der Waals surface area (Å²) in [5.41, 5.74) is 0.980. The third kappa shape index (κ3) is 4.48. The van der Waals surface area contributed by atoms with E-state index < -0.39 is 0 Å². The molecule has 3 rings (SSSR count). The van der Waals surface area contributed by atoms with Gasteiger partial charge in [0.1, 0.15) is 18.7 Å². The van der Waals surface area contributed by atoms with Crippen molar-refractivity contribution < 1.29 is 4.79 Å². The van der Waals surface area contributed by atoms with Gasteiger partial charge in [-0.05, 0) is 34.9 Å². The molecular formula is C15H21N7O. The number of anilines is 1. The van der Waals surface area contributed by atoms with Gasteiger partial charge in [0.05, 0.1) is 0 Å². The zero-order valence-electron chi connectivity index (χ0n) is 13.1. The van der Waals surface area contributed by atoms with Crippen LogP contribution >= 0.6 is 0 Å². The highest BCUT2D eigenvalue weighted by atomic mass is 16.2. The number of nitrogens with one attached hydrogen (secondary N) is 1. The Morgan fingerprint density at radius 3 is 2.65 bits per heavy atom. The SMILES string of the molecule is O=C(Cn1cnnn1)NCc1ccc(N2CCCCCC2)nc1. The molecule has 1 fully saturated rings. The maximum absolute atomic E-state index is 11.8. The highest BCUT2D eigenvalue weighted by Crippen LogP contribution is 2.17. The third-order valence-electron chi connectivity index (χ3n) is 3.93. The van der Waals surface area contributed by atoms with Gasteiger partial charge in [-0.15, -0.1) is 5.10 Å². The molecule has 23 heavy (non-hydrogen) atoms. The van der Waals surface area contributed by atoms with Crippen molar-refractivity contribution >= 4 is 11.7 Å².